The van der Waals surface area contributed by atoms with E-state index in [9.17, 15) is 10.1 Å². The van der Waals surface area contributed by atoms with Crippen LogP contribution in [0.5, 0.6) is 0 Å². The second kappa shape index (κ2) is 4.00. The third-order valence-corrected chi connectivity index (χ3v) is 1.99. The number of hydrogen-bond donors (Lipinski definition) is 1. The van der Waals surface area contributed by atoms with Crippen LogP contribution in [0.25, 0.3) is 0 Å². The van der Waals surface area contributed by atoms with Crippen LogP contribution in [0.1, 0.15) is 18.1 Å². The van der Waals surface area contributed by atoms with Crippen molar-refractivity contribution in [3.05, 3.63) is 39.4 Å². The van der Waals surface area contributed by atoms with Gasteiger partial charge in [-0.25, -0.2) is 0 Å². The number of para-hydroxylation sites is 1. The number of nitro groups is 1. The maximum atomic E-state index is 10.7. The van der Waals surface area contributed by atoms with Gasteiger partial charge in [-0.2, -0.15) is 0 Å². The molecule has 0 aliphatic heterocycles. The summed E-state index contributed by atoms with van der Waals surface area (Å²) in [7, 11) is 0. The Kier molecular flexibility index (Phi) is 2.97. The average Bonchev–Trinajstić information content (AvgIpc) is 2.16. The van der Waals surface area contributed by atoms with Crippen molar-refractivity contribution >= 4 is 5.69 Å². The number of benzene rings is 1. The Morgan fingerprint density at radius 3 is 2.54 bits per heavy atom. The minimum atomic E-state index is -0.360. The molecule has 0 fully saturated rings. The molecule has 0 radical (unpaired) electrons. The summed E-state index contributed by atoms with van der Waals surface area (Å²) < 4.78 is 0. The summed E-state index contributed by atoms with van der Waals surface area (Å²) in [5, 5.41) is 10.7. The van der Waals surface area contributed by atoms with Crippen LogP contribution in [-0.2, 0) is 13.0 Å². The summed E-state index contributed by atoms with van der Waals surface area (Å²) in [6.07, 6.45) is 0.657. The van der Waals surface area contributed by atoms with Gasteiger partial charge in [-0.05, 0) is 6.42 Å². The van der Waals surface area contributed by atoms with Crippen LogP contribution in [0.4, 0.5) is 5.69 Å². The zero-order valence-corrected chi connectivity index (χ0v) is 7.49. The van der Waals surface area contributed by atoms with Gasteiger partial charge in [0.15, 0.2) is 0 Å². The van der Waals surface area contributed by atoms with Gasteiger partial charge in [0.25, 0.3) is 5.69 Å². The first-order valence-electron chi connectivity index (χ1n) is 4.16. The Bertz CT molecular complexity index is 301. The molecule has 0 aliphatic rings. The smallest absolute Gasteiger partial charge is 0.277 e. The largest absolute Gasteiger partial charge is 0.326 e. The number of nitro benzene ring substituents is 1. The lowest BCUT2D eigenvalue weighted by Gasteiger charge is -2.03. The van der Waals surface area contributed by atoms with Crippen LogP contribution < -0.4 is 5.73 Å². The highest BCUT2D eigenvalue weighted by atomic mass is 16.6. The Morgan fingerprint density at radius 2 is 2.08 bits per heavy atom. The van der Waals surface area contributed by atoms with Crippen molar-refractivity contribution in [1.29, 1.82) is 0 Å². The maximum absolute atomic E-state index is 10.7. The summed E-state index contributed by atoms with van der Waals surface area (Å²) >= 11 is 0. The van der Waals surface area contributed by atoms with E-state index in [1.165, 1.54) is 0 Å². The molecule has 0 atom stereocenters. The van der Waals surface area contributed by atoms with Crippen molar-refractivity contribution in [2.24, 2.45) is 5.73 Å². The van der Waals surface area contributed by atoms with Gasteiger partial charge in [-0.1, -0.05) is 25.1 Å². The summed E-state index contributed by atoms with van der Waals surface area (Å²) in [6, 6.07) is 5.25. The minimum Gasteiger partial charge on any atom is -0.326 e. The molecule has 0 spiro atoms. The molecule has 0 amide bonds. The van der Waals surface area contributed by atoms with E-state index in [0.29, 0.717) is 12.0 Å². The second-order valence-corrected chi connectivity index (χ2v) is 2.74. The molecule has 1 aromatic rings. The second-order valence-electron chi connectivity index (χ2n) is 2.74. The van der Waals surface area contributed by atoms with Gasteiger partial charge < -0.3 is 5.73 Å². The Hall–Kier alpha value is -1.42. The third kappa shape index (κ3) is 1.84. The molecule has 0 bridgehead atoms. The zero-order chi connectivity index (χ0) is 9.84. The highest BCUT2D eigenvalue weighted by molar-refractivity contribution is 5.47. The number of hydrogen-bond acceptors (Lipinski definition) is 3. The SMILES string of the molecule is CCc1cccc(CN)c1[N+](=O)[O-]. The van der Waals surface area contributed by atoms with Crippen LogP contribution in [0.3, 0.4) is 0 Å². The molecule has 13 heavy (non-hydrogen) atoms. The van der Waals surface area contributed by atoms with E-state index in [4.69, 9.17) is 5.73 Å². The van der Waals surface area contributed by atoms with Crippen molar-refractivity contribution in [1.82, 2.24) is 0 Å². The quantitative estimate of drug-likeness (QED) is 0.567. The number of aryl methyl sites for hydroxylation is 1. The molecule has 2 N–H and O–H groups in total. The van der Waals surface area contributed by atoms with E-state index >= 15 is 0 Å². The average molecular weight is 180 g/mol. The molecule has 1 rings (SSSR count). The van der Waals surface area contributed by atoms with Gasteiger partial charge in [0, 0.05) is 17.7 Å². The van der Waals surface area contributed by atoms with Crippen LogP contribution >= 0.6 is 0 Å². The molecule has 4 nitrogen and oxygen atoms in total. The molecule has 70 valence electrons. The molecular formula is C9H12N2O2. The zero-order valence-electron chi connectivity index (χ0n) is 7.49. The number of rotatable bonds is 3. The van der Waals surface area contributed by atoms with Crippen LogP contribution in [0, 0.1) is 10.1 Å². The lowest BCUT2D eigenvalue weighted by Crippen LogP contribution is -2.04. The van der Waals surface area contributed by atoms with E-state index in [1.54, 1.807) is 18.2 Å². The molecule has 1 aromatic carbocycles. The van der Waals surface area contributed by atoms with Crippen molar-refractivity contribution in [2.45, 2.75) is 19.9 Å². The molecule has 0 aromatic heterocycles. The normalized spacial score (nSPS) is 10.0. The minimum absolute atomic E-state index is 0.174. The van der Waals surface area contributed by atoms with E-state index in [1.807, 2.05) is 6.92 Å². The first kappa shape index (κ1) is 9.67. The summed E-state index contributed by atoms with van der Waals surface area (Å²) in [4.78, 5) is 10.4. The molecule has 0 heterocycles. The topological polar surface area (TPSA) is 69.2 Å². The van der Waals surface area contributed by atoms with E-state index in [2.05, 4.69) is 0 Å². The molecule has 0 aliphatic carbocycles. The predicted molar refractivity (Wildman–Crippen MR) is 50.4 cm³/mol. The highest BCUT2D eigenvalue weighted by Gasteiger charge is 2.16. The number of nitrogens with zero attached hydrogens (tertiary/aromatic N) is 1. The standard InChI is InChI=1S/C9H12N2O2/c1-2-7-4-3-5-8(6-10)9(7)11(12)13/h3-5H,2,6,10H2,1H3. The lowest BCUT2D eigenvalue weighted by molar-refractivity contribution is -0.386. The van der Waals surface area contributed by atoms with Gasteiger partial charge in [0.2, 0.25) is 0 Å². The fourth-order valence-electron chi connectivity index (χ4n) is 1.33. The van der Waals surface area contributed by atoms with Crippen LogP contribution in [0.15, 0.2) is 18.2 Å². The summed E-state index contributed by atoms with van der Waals surface area (Å²) in [6.45, 7) is 2.10. The Morgan fingerprint density at radius 1 is 1.46 bits per heavy atom. The molecule has 4 heteroatoms. The van der Waals surface area contributed by atoms with Crippen molar-refractivity contribution in [2.75, 3.05) is 0 Å². The van der Waals surface area contributed by atoms with Crippen molar-refractivity contribution in [3.63, 3.8) is 0 Å². The Balaban J connectivity index is 3.29. The van der Waals surface area contributed by atoms with Crippen molar-refractivity contribution < 1.29 is 4.92 Å². The van der Waals surface area contributed by atoms with Gasteiger partial charge >= 0.3 is 0 Å². The first-order chi connectivity index (χ1) is 6.20. The number of nitrogens with two attached hydrogens (primary N) is 1. The van der Waals surface area contributed by atoms with E-state index < -0.39 is 0 Å². The van der Waals surface area contributed by atoms with Gasteiger partial charge in [0.1, 0.15) is 0 Å². The summed E-state index contributed by atoms with van der Waals surface area (Å²) in [5.41, 5.74) is 6.93. The predicted octanol–water partition coefficient (Wildman–Crippen LogP) is 1.62. The van der Waals surface area contributed by atoms with Crippen LogP contribution in [-0.4, -0.2) is 4.92 Å². The molecule has 0 saturated heterocycles. The fraction of sp³-hybridized carbons (Fsp3) is 0.333. The molecule has 0 unspecified atom stereocenters. The molecule has 0 saturated carbocycles. The van der Waals surface area contributed by atoms with E-state index in [0.717, 1.165) is 5.56 Å². The lowest BCUT2D eigenvalue weighted by atomic mass is 10.1. The monoisotopic (exact) mass is 180 g/mol. The highest BCUT2D eigenvalue weighted by Crippen LogP contribution is 2.23. The van der Waals surface area contributed by atoms with Gasteiger partial charge in [-0.3, -0.25) is 10.1 Å². The van der Waals surface area contributed by atoms with Gasteiger partial charge in [-0.15, -0.1) is 0 Å². The third-order valence-electron chi connectivity index (χ3n) is 1.99. The summed E-state index contributed by atoms with van der Waals surface area (Å²) in [5.74, 6) is 0. The molecular weight excluding hydrogens is 168 g/mol. The fourth-order valence-corrected chi connectivity index (χ4v) is 1.33. The first-order valence-corrected chi connectivity index (χ1v) is 4.16. The van der Waals surface area contributed by atoms with Crippen LogP contribution in [0.2, 0.25) is 0 Å². The van der Waals surface area contributed by atoms with E-state index in [-0.39, 0.29) is 17.2 Å². The Labute approximate surface area is 76.5 Å². The van der Waals surface area contributed by atoms with Crippen molar-refractivity contribution in [3.8, 4) is 0 Å². The van der Waals surface area contributed by atoms with Gasteiger partial charge in [0.05, 0.1) is 4.92 Å². The maximum Gasteiger partial charge on any atom is 0.277 e.